The Kier molecular flexibility index (Phi) is 5.56. The van der Waals surface area contributed by atoms with Crippen molar-refractivity contribution in [1.82, 2.24) is 5.32 Å². The van der Waals surface area contributed by atoms with Crippen LogP contribution in [0.25, 0.3) is 0 Å². The van der Waals surface area contributed by atoms with Crippen molar-refractivity contribution in [3.63, 3.8) is 0 Å². The van der Waals surface area contributed by atoms with E-state index in [1.807, 2.05) is 19.9 Å². The molecule has 3 rings (SSSR count). The van der Waals surface area contributed by atoms with E-state index in [2.05, 4.69) is 10.0 Å². The third kappa shape index (κ3) is 4.43. The summed E-state index contributed by atoms with van der Waals surface area (Å²) >= 11 is 0. The molecule has 146 valence electrons. The Morgan fingerprint density at radius 2 is 1.75 bits per heavy atom. The summed E-state index contributed by atoms with van der Waals surface area (Å²) in [6.07, 6.45) is 1.55. The van der Waals surface area contributed by atoms with Crippen LogP contribution in [-0.2, 0) is 10.0 Å². The number of hydrogen-bond donors (Lipinski definition) is 2. The van der Waals surface area contributed by atoms with E-state index in [4.69, 9.17) is 4.42 Å². The van der Waals surface area contributed by atoms with E-state index in [-0.39, 0.29) is 16.8 Å². The van der Waals surface area contributed by atoms with Gasteiger partial charge in [-0.3, -0.25) is 9.52 Å². The fraction of sp³-hybridized carbons (Fsp3) is 0.190. The van der Waals surface area contributed by atoms with Gasteiger partial charge in [0.25, 0.3) is 15.9 Å². The number of sulfonamides is 1. The first kappa shape index (κ1) is 19.7. The van der Waals surface area contributed by atoms with Crippen molar-refractivity contribution in [3.8, 4) is 0 Å². The molecule has 1 aromatic heterocycles. The number of carbonyl (C=O) groups is 1. The number of benzene rings is 2. The summed E-state index contributed by atoms with van der Waals surface area (Å²) in [5.74, 6) is 0.388. The van der Waals surface area contributed by atoms with Gasteiger partial charge in [-0.1, -0.05) is 12.1 Å². The number of carbonyl (C=O) groups excluding carboxylic acids is 1. The summed E-state index contributed by atoms with van der Waals surface area (Å²) < 4.78 is 33.2. The van der Waals surface area contributed by atoms with Crippen LogP contribution in [0.2, 0.25) is 0 Å². The monoisotopic (exact) mass is 398 g/mol. The number of hydrogen-bond acceptors (Lipinski definition) is 4. The minimum Gasteiger partial charge on any atom is -0.467 e. The summed E-state index contributed by atoms with van der Waals surface area (Å²) in [5, 5.41) is 2.83. The van der Waals surface area contributed by atoms with Crippen molar-refractivity contribution >= 4 is 21.6 Å². The molecule has 7 heteroatoms. The Labute approximate surface area is 164 Å². The fourth-order valence-corrected chi connectivity index (χ4v) is 4.17. The van der Waals surface area contributed by atoms with Gasteiger partial charge in [-0.25, -0.2) is 8.42 Å². The second-order valence-electron chi connectivity index (χ2n) is 6.66. The van der Waals surface area contributed by atoms with E-state index in [1.165, 1.54) is 0 Å². The molecule has 0 aliphatic carbocycles. The van der Waals surface area contributed by atoms with Gasteiger partial charge in [0.05, 0.1) is 17.2 Å². The van der Waals surface area contributed by atoms with E-state index in [0.29, 0.717) is 22.6 Å². The molecule has 0 aliphatic heterocycles. The highest BCUT2D eigenvalue weighted by Crippen LogP contribution is 2.21. The van der Waals surface area contributed by atoms with E-state index in [9.17, 15) is 13.2 Å². The molecule has 1 atom stereocenters. The Hall–Kier alpha value is -3.06. The second-order valence-corrected chi connectivity index (χ2v) is 8.31. The molecule has 0 aliphatic rings. The molecular formula is C21H22N2O4S. The topological polar surface area (TPSA) is 88.4 Å². The standard InChI is InChI=1S/C21H22N2O4S/c1-14-6-7-15(2)20(13-14)28(25,26)23-18-10-8-17(9-11-18)21(24)22-16(3)19-5-4-12-27-19/h4-13,16,23H,1-3H3,(H,22,24)/t16-/m0/s1. The number of furan rings is 1. The minimum absolute atomic E-state index is 0.238. The molecule has 0 saturated carbocycles. The summed E-state index contributed by atoms with van der Waals surface area (Å²) in [5.41, 5.74) is 2.34. The predicted molar refractivity (Wildman–Crippen MR) is 108 cm³/mol. The molecule has 0 spiro atoms. The first-order valence-electron chi connectivity index (χ1n) is 8.80. The molecular weight excluding hydrogens is 376 g/mol. The molecule has 2 N–H and O–H groups in total. The van der Waals surface area contributed by atoms with Crippen LogP contribution < -0.4 is 10.0 Å². The van der Waals surface area contributed by atoms with Gasteiger partial charge >= 0.3 is 0 Å². The van der Waals surface area contributed by atoms with Crippen LogP contribution in [0, 0.1) is 13.8 Å². The van der Waals surface area contributed by atoms with E-state index >= 15 is 0 Å². The molecule has 1 amide bonds. The molecule has 0 bridgehead atoms. The van der Waals surface area contributed by atoms with E-state index in [1.54, 1.807) is 61.7 Å². The average molecular weight is 398 g/mol. The van der Waals surface area contributed by atoms with E-state index in [0.717, 1.165) is 5.56 Å². The summed E-state index contributed by atoms with van der Waals surface area (Å²) in [4.78, 5) is 12.6. The Morgan fingerprint density at radius 1 is 1.04 bits per heavy atom. The molecule has 0 unspecified atom stereocenters. The molecule has 2 aromatic carbocycles. The minimum atomic E-state index is -3.71. The van der Waals surface area contributed by atoms with Crippen LogP contribution in [0.1, 0.15) is 40.2 Å². The van der Waals surface area contributed by atoms with Gasteiger partial charge in [-0.2, -0.15) is 0 Å². The normalized spacial score (nSPS) is 12.4. The van der Waals surface area contributed by atoms with Crippen molar-refractivity contribution in [3.05, 3.63) is 83.3 Å². The van der Waals surface area contributed by atoms with Crippen molar-refractivity contribution in [2.75, 3.05) is 4.72 Å². The number of amides is 1. The Balaban J connectivity index is 1.72. The first-order valence-corrected chi connectivity index (χ1v) is 10.3. The number of anilines is 1. The summed E-state index contributed by atoms with van der Waals surface area (Å²) in [6, 6.07) is 14.8. The van der Waals surface area contributed by atoms with Gasteiger partial charge in [-0.05, 0) is 74.4 Å². The van der Waals surface area contributed by atoms with Gasteiger partial charge in [0, 0.05) is 11.3 Å². The fourth-order valence-electron chi connectivity index (χ4n) is 2.79. The zero-order valence-electron chi connectivity index (χ0n) is 15.9. The average Bonchev–Trinajstić information content (AvgIpc) is 3.18. The van der Waals surface area contributed by atoms with Gasteiger partial charge in [-0.15, -0.1) is 0 Å². The zero-order chi connectivity index (χ0) is 20.3. The molecule has 28 heavy (non-hydrogen) atoms. The Morgan fingerprint density at radius 3 is 2.39 bits per heavy atom. The number of nitrogens with one attached hydrogen (secondary N) is 2. The molecule has 1 heterocycles. The smallest absolute Gasteiger partial charge is 0.262 e. The van der Waals surface area contributed by atoms with E-state index < -0.39 is 10.0 Å². The van der Waals surface area contributed by atoms with Gasteiger partial charge in [0.2, 0.25) is 0 Å². The van der Waals surface area contributed by atoms with Crippen molar-refractivity contribution < 1.29 is 17.6 Å². The van der Waals surface area contributed by atoms with Crippen LogP contribution in [0.4, 0.5) is 5.69 Å². The summed E-state index contributed by atoms with van der Waals surface area (Å²) in [7, 11) is -3.71. The highest BCUT2D eigenvalue weighted by molar-refractivity contribution is 7.92. The predicted octanol–water partition coefficient (Wildman–Crippen LogP) is 4.19. The molecule has 0 saturated heterocycles. The van der Waals surface area contributed by atoms with Crippen molar-refractivity contribution in [1.29, 1.82) is 0 Å². The van der Waals surface area contributed by atoms with Crippen LogP contribution in [-0.4, -0.2) is 14.3 Å². The van der Waals surface area contributed by atoms with Gasteiger partial charge in [0.15, 0.2) is 0 Å². The highest BCUT2D eigenvalue weighted by Gasteiger charge is 2.18. The highest BCUT2D eigenvalue weighted by atomic mass is 32.2. The van der Waals surface area contributed by atoms with Crippen LogP contribution >= 0.6 is 0 Å². The summed E-state index contributed by atoms with van der Waals surface area (Å²) in [6.45, 7) is 5.42. The second kappa shape index (κ2) is 7.90. The third-order valence-corrected chi connectivity index (χ3v) is 5.87. The molecule has 3 aromatic rings. The SMILES string of the molecule is Cc1ccc(C)c(S(=O)(=O)Nc2ccc(C(=O)N[C@@H](C)c3ccco3)cc2)c1. The lowest BCUT2D eigenvalue weighted by atomic mass is 10.1. The van der Waals surface area contributed by atoms with Crippen LogP contribution in [0.15, 0.2) is 70.2 Å². The number of aryl methyl sites for hydroxylation is 2. The lowest BCUT2D eigenvalue weighted by Crippen LogP contribution is -2.26. The van der Waals surface area contributed by atoms with Crippen LogP contribution in [0.5, 0.6) is 0 Å². The lowest BCUT2D eigenvalue weighted by molar-refractivity contribution is 0.0935. The van der Waals surface area contributed by atoms with Crippen molar-refractivity contribution in [2.24, 2.45) is 0 Å². The number of rotatable bonds is 6. The quantitative estimate of drug-likeness (QED) is 0.652. The zero-order valence-corrected chi connectivity index (χ0v) is 16.7. The molecule has 0 radical (unpaired) electrons. The maximum Gasteiger partial charge on any atom is 0.262 e. The van der Waals surface area contributed by atoms with Crippen LogP contribution in [0.3, 0.4) is 0 Å². The molecule has 6 nitrogen and oxygen atoms in total. The maximum atomic E-state index is 12.7. The maximum absolute atomic E-state index is 12.7. The third-order valence-electron chi connectivity index (χ3n) is 4.35. The lowest BCUT2D eigenvalue weighted by Gasteiger charge is -2.13. The van der Waals surface area contributed by atoms with Gasteiger partial charge < -0.3 is 9.73 Å². The van der Waals surface area contributed by atoms with Gasteiger partial charge in [0.1, 0.15) is 5.76 Å². The Bertz CT molecular complexity index is 1070. The molecule has 0 fully saturated rings. The van der Waals surface area contributed by atoms with Crippen molar-refractivity contribution in [2.45, 2.75) is 31.7 Å². The first-order chi connectivity index (χ1) is 13.3. The largest absolute Gasteiger partial charge is 0.467 e.